The first-order chi connectivity index (χ1) is 8.69. The number of hydrogen-bond donors (Lipinski definition) is 2. The SMILES string of the molecule is Cc1oc(C)c(S(=O)(=O)NC(C)(C)C2CC2)c1CN. The Bertz CT molecular complexity index is 583. The zero-order valence-electron chi connectivity index (χ0n) is 11.9. The van der Waals surface area contributed by atoms with Gasteiger partial charge in [0.05, 0.1) is 0 Å². The summed E-state index contributed by atoms with van der Waals surface area (Å²) in [6, 6.07) is 0. The van der Waals surface area contributed by atoms with Gasteiger partial charge in [0.1, 0.15) is 16.4 Å². The van der Waals surface area contributed by atoms with E-state index < -0.39 is 15.6 Å². The molecule has 0 radical (unpaired) electrons. The smallest absolute Gasteiger partial charge is 0.244 e. The predicted octanol–water partition coefficient (Wildman–Crippen LogP) is 1.82. The Hall–Kier alpha value is -0.850. The van der Waals surface area contributed by atoms with Crippen molar-refractivity contribution in [3.05, 3.63) is 17.1 Å². The van der Waals surface area contributed by atoms with E-state index in [-0.39, 0.29) is 11.4 Å². The van der Waals surface area contributed by atoms with Crippen molar-refractivity contribution < 1.29 is 12.8 Å². The second kappa shape index (κ2) is 4.61. The van der Waals surface area contributed by atoms with Crippen molar-refractivity contribution in [2.45, 2.75) is 57.5 Å². The van der Waals surface area contributed by atoms with Gasteiger partial charge < -0.3 is 10.2 Å². The molecule has 1 aliphatic carbocycles. The van der Waals surface area contributed by atoms with Crippen molar-refractivity contribution >= 4 is 10.0 Å². The minimum atomic E-state index is -3.60. The maximum atomic E-state index is 12.6. The molecule has 1 fully saturated rings. The van der Waals surface area contributed by atoms with Crippen LogP contribution in [0.2, 0.25) is 0 Å². The number of nitrogens with two attached hydrogens (primary N) is 1. The Morgan fingerprint density at radius 1 is 1.32 bits per heavy atom. The topological polar surface area (TPSA) is 85.3 Å². The van der Waals surface area contributed by atoms with Gasteiger partial charge in [-0.15, -0.1) is 0 Å². The van der Waals surface area contributed by atoms with E-state index in [4.69, 9.17) is 10.2 Å². The summed E-state index contributed by atoms with van der Waals surface area (Å²) in [5, 5.41) is 0. The van der Waals surface area contributed by atoms with Crippen LogP contribution in [0.25, 0.3) is 0 Å². The van der Waals surface area contributed by atoms with Crippen LogP contribution in [0, 0.1) is 19.8 Å². The molecule has 1 heterocycles. The van der Waals surface area contributed by atoms with Crippen LogP contribution in [0.5, 0.6) is 0 Å². The van der Waals surface area contributed by atoms with Gasteiger partial charge in [-0.1, -0.05) is 0 Å². The molecule has 0 spiro atoms. The maximum absolute atomic E-state index is 12.6. The zero-order valence-corrected chi connectivity index (χ0v) is 12.7. The second-order valence-corrected chi connectivity index (χ2v) is 7.45. The number of furan rings is 1. The van der Waals surface area contributed by atoms with Gasteiger partial charge in [-0.2, -0.15) is 0 Å². The molecular weight excluding hydrogens is 264 g/mol. The Morgan fingerprint density at radius 2 is 1.89 bits per heavy atom. The third-order valence-electron chi connectivity index (χ3n) is 3.79. The first kappa shape index (κ1) is 14.6. The first-order valence-corrected chi connectivity index (χ1v) is 8.00. The molecule has 2 rings (SSSR count). The molecule has 5 nitrogen and oxygen atoms in total. The number of nitrogens with one attached hydrogen (secondary N) is 1. The van der Waals surface area contributed by atoms with E-state index in [9.17, 15) is 8.42 Å². The van der Waals surface area contributed by atoms with Crippen molar-refractivity contribution in [3.8, 4) is 0 Å². The van der Waals surface area contributed by atoms with Crippen LogP contribution in [0.1, 0.15) is 43.8 Å². The minimum absolute atomic E-state index is 0.156. The summed E-state index contributed by atoms with van der Waals surface area (Å²) in [5.41, 5.74) is 5.78. The number of rotatable bonds is 5. The Balaban J connectivity index is 2.39. The standard InChI is InChI=1S/C13H22N2O3S/c1-8-11(7-14)12(9(2)18-8)19(16,17)15-13(3,4)10-5-6-10/h10,15H,5-7,14H2,1-4H3. The lowest BCUT2D eigenvalue weighted by atomic mass is 10.0. The van der Waals surface area contributed by atoms with E-state index >= 15 is 0 Å². The molecule has 1 aliphatic rings. The molecule has 19 heavy (non-hydrogen) atoms. The van der Waals surface area contributed by atoms with E-state index in [2.05, 4.69) is 4.72 Å². The van der Waals surface area contributed by atoms with Crippen molar-refractivity contribution in [1.29, 1.82) is 0 Å². The monoisotopic (exact) mass is 286 g/mol. The summed E-state index contributed by atoms with van der Waals surface area (Å²) in [7, 11) is -3.60. The summed E-state index contributed by atoms with van der Waals surface area (Å²) in [6.45, 7) is 7.40. The summed E-state index contributed by atoms with van der Waals surface area (Å²) < 4.78 is 33.3. The quantitative estimate of drug-likeness (QED) is 0.864. The van der Waals surface area contributed by atoms with Crippen molar-refractivity contribution in [3.63, 3.8) is 0 Å². The maximum Gasteiger partial charge on any atom is 0.244 e. The molecule has 108 valence electrons. The lowest BCUT2D eigenvalue weighted by molar-refractivity contribution is 0.399. The van der Waals surface area contributed by atoms with Crippen molar-refractivity contribution in [2.75, 3.05) is 0 Å². The van der Waals surface area contributed by atoms with E-state index in [1.807, 2.05) is 13.8 Å². The Labute approximate surface area is 114 Å². The highest BCUT2D eigenvalue weighted by molar-refractivity contribution is 7.89. The summed E-state index contributed by atoms with van der Waals surface area (Å²) in [5.74, 6) is 1.39. The lowest BCUT2D eigenvalue weighted by Gasteiger charge is -2.25. The molecule has 1 aromatic rings. The summed E-state index contributed by atoms with van der Waals surface area (Å²) in [6.07, 6.45) is 2.14. The van der Waals surface area contributed by atoms with Gasteiger partial charge in [0.25, 0.3) is 0 Å². The van der Waals surface area contributed by atoms with Crippen LogP contribution < -0.4 is 10.5 Å². The third kappa shape index (κ3) is 2.70. The normalized spacial score (nSPS) is 16.9. The Morgan fingerprint density at radius 3 is 2.37 bits per heavy atom. The molecular formula is C13H22N2O3S. The molecule has 6 heteroatoms. The van der Waals surface area contributed by atoms with Gasteiger partial charge in [-0.25, -0.2) is 13.1 Å². The minimum Gasteiger partial charge on any atom is -0.465 e. The van der Waals surface area contributed by atoms with Gasteiger partial charge in [0.15, 0.2) is 0 Å². The molecule has 0 unspecified atom stereocenters. The van der Waals surface area contributed by atoms with Gasteiger partial charge in [0, 0.05) is 17.6 Å². The van der Waals surface area contributed by atoms with Crippen LogP contribution in [0.4, 0.5) is 0 Å². The van der Waals surface area contributed by atoms with E-state index in [0.29, 0.717) is 23.0 Å². The zero-order chi connectivity index (χ0) is 14.4. The van der Waals surface area contributed by atoms with E-state index in [1.165, 1.54) is 0 Å². The van der Waals surface area contributed by atoms with Crippen LogP contribution in [0.3, 0.4) is 0 Å². The molecule has 0 amide bonds. The average molecular weight is 286 g/mol. The highest BCUT2D eigenvalue weighted by Crippen LogP contribution is 2.40. The lowest BCUT2D eigenvalue weighted by Crippen LogP contribution is -2.45. The summed E-state index contributed by atoms with van der Waals surface area (Å²) >= 11 is 0. The average Bonchev–Trinajstić information content (AvgIpc) is 3.03. The predicted molar refractivity (Wildman–Crippen MR) is 73.2 cm³/mol. The van der Waals surface area contributed by atoms with Crippen LogP contribution in [0.15, 0.2) is 9.31 Å². The van der Waals surface area contributed by atoms with Crippen LogP contribution in [-0.4, -0.2) is 14.0 Å². The van der Waals surface area contributed by atoms with Gasteiger partial charge >= 0.3 is 0 Å². The summed E-state index contributed by atoms with van der Waals surface area (Å²) in [4.78, 5) is 0.209. The fourth-order valence-electron chi connectivity index (χ4n) is 2.58. The fourth-order valence-corrected chi connectivity index (χ4v) is 4.52. The van der Waals surface area contributed by atoms with Crippen LogP contribution in [-0.2, 0) is 16.6 Å². The number of sulfonamides is 1. The molecule has 0 aromatic carbocycles. The highest BCUT2D eigenvalue weighted by Gasteiger charge is 2.41. The van der Waals surface area contributed by atoms with E-state index in [1.54, 1.807) is 13.8 Å². The molecule has 0 aliphatic heterocycles. The van der Waals surface area contributed by atoms with Gasteiger partial charge in [-0.05, 0) is 46.5 Å². The molecule has 0 bridgehead atoms. The molecule has 3 N–H and O–H groups in total. The van der Waals surface area contributed by atoms with E-state index in [0.717, 1.165) is 12.8 Å². The molecule has 1 saturated carbocycles. The second-order valence-electron chi connectivity index (χ2n) is 5.83. The molecule has 0 saturated heterocycles. The number of hydrogen-bond acceptors (Lipinski definition) is 4. The fraction of sp³-hybridized carbons (Fsp3) is 0.692. The molecule has 0 atom stereocenters. The molecule has 1 aromatic heterocycles. The highest BCUT2D eigenvalue weighted by atomic mass is 32.2. The van der Waals surface area contributed by atoms with Gasteiger partial charge in [0.2, 0.25) is 10.0 Å². The first-order valence-electron chi connectivity index (χ1n) is 6.52. The number of aryl methyl sites for hydroxylation is 2. The third-order valence-corrected chi connectivity index (χ3v) is 5.66. The van der Waals surface area contributed by atoms with Crippen molar-refractivity contribution in [1.82, 2.24) is 4.72 Å². The van der Waals surface area contributed by atoms with Crippen LogP contribution >= 0.6 is 0 Å². The van der Waals surface area contributed by atoms with Crippen molar-refractivity contribution in [2.24, 2.45) is 11.7 Å². The Kier molecular flexibility index (Phi) is 3.53. The largest absolute Gasteiger partial charge is 0.465 e. The van der Waals surface area contributed by atoms with Gasteiger partial charge in [-0.3, -0.25) is 0 Å².